The predicted molar refractivity (Wildman–Crippen MR) is 116 cm³/mol. The number of sulfonamides is 1. The van der Waals surface area contributed by atoms with Gasteiger partial charge in [0.25, 0.3) is 10.0 Å². The van der Waals surface area contributed by atoms with Crippen LogP contribution in [-0.4, -0.2) is 32.2 Å². The maximum atomic E-state index is 13.5. The predicted octanol–water partition coefficient (Wildman–Crippen LogP) is 2.92. The molecule has 1 heterocycles. The van der Waals surface area contributed by atoms with Gasteiger partial charge in [0, 0.05) is 12.7 Å². The molecule has 3 rings (SSSR count). The van der Waals surface area contributed by atoms with Crippen LogP contribution in [0.15, 0.2) is 70.3 Å². The summed E-state index contributed by atoms with van der Waals surface area (Å²) in [6.07, 6.45) is -0.0481. The van der Waals surface area contributed by atoms with Crippen molar-refractivity contribution in [3.05, 3.63) is 83.0 Å². The van der Waals surface area contributed by atoms with E-state index in [1.54, 1.807) is 35.7 Å². The van der Waals surface area contributed by atoms with Gasteiger partial charge < -0.3 is 10.6 Å². The highest BCUT2D eigenvalue weighted by molar-refractivity contribution is 7.94. The Morgan fingerprint density at radius 1 is 1.13 bits per heavy atom. The van der Waals surface area contributed by atoms with Crippen LogP contribution in [0.4, 0.5) is 10.1 Å². The Morgan fingerprint density at radius 2 is 1.84 bits per heavy atom. The highest BCUT2D eigenvalue weighted by Crippen LogP contribution is 2.23. The van der Waals surface area contributed by atoms with E-state index in [1.165, 1.54) is 36.2 Å². The van der Waals surface area contributed by atoms with Crippen LogP contribution in [0.25, 0.3) is 0 Å². The first-order valence-electron chi connectivity index (χ1n) is 9.13. The van der Waals surface area contributed by atoms with E-state index in [1.807, 2.05) is 0 Å². The molecule has 10 heteroatoms. The fourth-order valence-corrected chi connectivity index (χ4v) is 5.06. The minimum atomic E-state index is -3.66. The zero-order valence-corrected chi connectivity index (χ0v) is 18.1. The van der Waals surface area contributed by atoms with Gasteiger partial charge in [0.2, 0.25) is 11.8 Å². The van der Waals surface area contributed by atoms with Gasteiger partial charge in [-0.1, -0.05) is 30.3 Å². The standard InChI is InChI=1S/C21H20FN3O4S2/c1-25(20(21(23)27)15-4-2-5-16(22)13-15)18(26)12-14-7-9-17(10-8-14)24-31(28,29)19-6-3-11-30-19/h2-11,13,20,24H,12H2,1H3,(H2,23,27). The Labute approximate surface area is 183 Å². The smallest absolute Gasteiger partial charge is 0.271 e. The fraction of sp³-hybridized carbons (Fsp3) is 0.143. The van der Waals surface area contributed by atoms with E-state index in [0.29, 0.717) is 11.3 Å². The Balaban J connectivity index is 1.70. The second-order valence-electron chi connectivity index (χ2n) is 6.78. The molecule has 0 aliphatic carbocycles. The Kier molecular flexibility index (Phi) is 6.71. The normalized spacial score (nSPS) is 12.2. The number of amides is 2. The van der Waals surface area contributed by atoms with Crippen LogP contribution >= 0.6 is 11.3 Å². The fourth-order valence-electron chi connectivity index (χ4n) is 3.01. The van der Waals surface area contributed by atoms with Gasteiger partial charge in [-0.2, -0.15) is 0 Å². The molecule has 3 aromatic rings. The molecule has 31 heavy (non-hydrogen) atoms. The van der Waals surface area contributed by atoms with Crippen molar-refractivity contribution in [3.63, 3.8) is 0 Å². The van der Waals surface area contributed by atoms with Crippen LogP contribution in [-0.2, 0) is 26.0 Å². The molecular formula is C21H20FN3O4S2. The van der Waals surface area contributed by atoms with E-state index in [2.05, 4.69) is 4.72 Å². The van der Waals surface area contributed by atoms with Crippen LogP contribution in [0.2, 0.25) is 0 Å². The van der Waals surface area contributed by atoms with E-state index < -0.39 is 33.7 Å². The van der Waals surface area contributed by atoms with Crippen molar-refractivity contribution in [1.29, 1.82) is 0 Å². The average Bonchev–Trinajstić information content (AvgIpc) is 3.25. The SMILES string of the molecule is CN(C(=O)Cc1ccc(NS(=O)(=O)c2cccs2)cc1)C(C(N)=O)c1cccc(F)c1. The lowest BCUT2D eigenvalue weighted by Crippen LogP contribution is -2.39. The molecule has 1 unspecified atom stereocenters. The highest BCUT2D eigenvalue weighted by atomic mass is 32.2. The summed E-state index contributed by atoms with van der Waals surface area (Å²) in [7, 11) is -2.24. The molecule has 0 fully saturated rings. The quantitative estimate of drug-likeness (QED) is 0.537. The van der Waals surface area contributed by atoms with E-state index in [9.17, 15) is 22.4 Å². The first kappa shape index (κ1) is 22.4. The summed E-state index contributed by atoms with van der Waals surface area (Å²) >= 11 is 1.11. The van der Waals surface area contributed by atoms with Gasteiger partial charge in [0.05, 0.1) is 6.42 Å². The van der Waals surface area contributed by atoms with Gasteiger partial charge in [0.15, 0.2) is 0 Å². The third-order valence-corrected chi connectivity index (χ3v) is 7.31. The zero-order chi connectivity index (χ0) is 22.6. The van der Waals surface area contributed by atoms with Gasteiger partial charge >= 0.3 is 0 Å². The van der Waals surface area contributed by atoms with Crippen molar-refractivity contribution in [2.45, 2.75) is 16.7 Å². The Bertz CT molecular complexity index is 1180. The molecule has 2 aromatic carbocycles. The van der Waals surface area contributed by atoms with Gasteiger partial charge in [-0.05, 0) is 46.8 Å². The number of thiophene rings is 1. The molecule has 0 aliphatic heterocycles. The van der Waals surface area contributed by atoms with Crippen LogP contribution in [0.1, 0.15) is 17.2 Å². The number of hydrogen-bond acceptors (Lipinski definition) is 5. The van der Waals surface area contributed by atoms with E-state index >= 15 is 0 Å². The summed E-state index contributed by atoms with van der Waals surface area (Å²) in [6.45, 7) is 0. The van der Waals surface area contributed by atoms with Gasteiger partial charge in [-0.15, -0.1) is 11.3 Å². The summed E-state index contributed by atoms with van der Waals surface area (Å²) < 4.78 is 40.8. The third-order valence-electron chi connectivity index (χ3n) is 4.54. The van der Waals surface area contributed by atoms with Crippen molar-refractivity contribution in [2.75, 3.05) is 11.8 Å². The first-order valence-corrected chi connectivity index (χ1v) is 11.5. The largest absolute Gasteiger partial charge is 0.368 e. The van der Waals surface area contributed by atoms with Gasteiger partial charge in [0.1, 0.15) is 16.1 Å². The molecule has 0 saturated heterocycles. The van der Waals surface area contributed by atoms with E-state index in [4.69, 9.17) is 5.73 Å². The number of nitrogens with one attached hydrogen (secondary N) is 1. The van der Waals surface area contributed by atoms with Crippen LogP contribution in [0, 0.1) is 5.82 Å². The van der Waals surface area contributed by atoms with Crippen molar-refractivity contribution in [3.8, 4) is 0 Å². The Morgan fingerprint density at radius 3 is 2.42 bits per heavy atom. The van der Waals surface area contributed by atoms with Crippen molar-refractivity contribution < 1.29 is 22.4 Å². The number of halogens is 1. The molecule has 1 atom stereocenters. The number of primary amides is 1. The highest BCUT2D eigenvalue weighted by Gasteiger charge is 2.27. The summed E-state index contributed by atoms with van der Waals surface area (Å²) in [4.78, 5) is 25.8. The van der Waals surface area contributed by atoms with Crippen LogP contribution in [0.3, 0.4) is 0 Å². The molecule has 0 radical (unpaired) electrons. The zero-order valence-electron chi connectivity index (χ0n) is 16.5. The third kappa shape index (κ3) is 5.47. The molecule has 1 aromatic heterocycles. The summed E-state index contributed by atoms with van der Waals surface area (Å²) in [5.74, 6) is -1.72. The molecule has 162 valence electrons. The van der Waals surface area contributed by atoms with Crippen molar-refractivity contribution in [2.24, 2.45) is 5.73 Å². The van der Waals surface area contributed by atoms with E-state index in [-0.39, 0.29) is 16.2 Å². The van der Waals surface area contributed by atoms with E-state index in [0.717, 1.165) is 17.4 Å². The monoisotopic (exact) mass is 461 g/mol. The van der Waals surface area contributed by atoms with Crippen molar-refractivity contribution in [1.82, 2.24) is 4.90 Å². The minimum Gasteiger partial charge on any atom is -0.368 e. The number of benzene rings is 2. The molecule has 0 bridgehead atoms. The molecule has 0 saturated carbocycles. The molecule has 2 amide bonds. The lowest BCUT2D eigenvalue weighted by Gasteiger charge is -2.26. The number of rotatable bonds is 8. The van der Waals surface area contributed by atoms with Gasteiger partial charge in [-0.3, -0.25) is 14.3 Å². The number of carbonyl (C=O) groups excluding carboxylic acids is 2. The lowest BCUT2D eigenvalue weighted by atomic mass is 10.0. The first-order chi connectivity index (χ1) is 14.7. The Hall–Kier alpha value is -3.24. The van der Waals surface area contributed by atoms with Crippen LogP contribution in [0.5, 0.6) is 0 Å². The second kappa shape index (κ2) is 9.27. The average molecular weight is 462 g/mol. The molecule has 3 N–H and O–H groups in total. The van der Waals surface area contributed by atoms with Crippen LogP contribution < -0.4 is 10.5 Å². The van der Waals surface area contributed by atoms with Gasteiger partial charge in [-0.25, -0.2) is 12.8 Å². The second-order valence-corrected chi connectivity index (χ2v) is 9.63. The molecular weight excluding hydrogens is 441 g/mol. The molecule has 7 nitrogen and oxygen atoms in total. The number of carbonyl (C=O) groups is 2. The topological polar surface area (TPSA) is 110 Å². The summed E-state index contributed by atoms with van der Waals surface area (Å²) in [5, 5.41) is 1.67. The minimum absolute atomic E-state index is 0.0481. The maximum Gasteiger partial charge on any atom is 0.271 e. The summed E-state index contributed by atoms with van der Waals surface area (Å²) in [6, 6.07) is 13.7. The number of likely N-dealkylation sites (N-methyl/N-ethyl adjacent to an activating group) is 1. The summed E-state index contributed by atoms with van der Waals surface area (Å²) in [5.41, 5.74) is 6.69. The lowest BCUT2D eigenvalue weighted by molar-refractivity contribution is -0.137. The number of anilines is 1. The number of nitrogens with two attached hydrogens (primary N) is 1. The number of hydrogen-bond donors (Lipinski definition) is 2. The maximum absolute atomic E-state index is 13.5. The number of nitrogens with zero attached hydrogens (tertiary/aromatic N) is 1. The van der Waals surface area contributed by atoms with Crippen molar-refractivity contribution >= 4 is 38.9 Å². The molecule has 0 spiro atoms. The molecule has 0 aliphatic rings.